The smallest absolute Gasteiger partial charge is 0.0316 e. The molecule has 0 saturated carbocycles. The monoisotopic (exact) mass is 199 g/mol. The van der Waals surface area contributed by atoms with Crippen LogP contribution in [0.15, 0.2) is 18.2 Å². The number of anilines is 1. The highest BCUT2D eigenvalue weighted by Gasteiger charge is 1.94. The molecule has 1 aromatic carbocycles. The summed E-state index contributed by atoms with van der Waals surface area (Å²) in [5.74, 6) is 0. The average molecular weight is 200 g/mol. The van der Waals surface area contributed by atoms with Gasteiger partial charge in [-0.25, -0.2) is 0 Å². The van der Waals surface area contributed by atoms with Crippen LogP contribution in [0.3, 0.4) is 0 Å². The first kappa shape index (κ1) is 7.61. The predicted molar refractivity (Wildman–Crippen MR) is 48.2 cm³/mol. The van der Waals surface area contributed by atoms with Crippen LogP contribution in [0.1, 0.15) is 11.1 Å². The van der Waals surface area contributed by atoms with Gasteiger partial charge in [0.15, 0.2) is 0 Å². The fourth-order valence-electron chi connectivity index (χ4n) is 0.869. The molecule has 0 aliphatic rings. The lowest BCUT2D eigenvalue weighted by Gasteiger charge is -2.01. The molecule has 1 nitrogen and oxygen atoms in total. The maximum absolute atomic E-state index is 5.57. The van der Waals surface area contributed by atoms with E-state index in [1.165, 1.54) is 11.1 Å². The van der Waals surface area contributed by atoms with E-state index >= 15 is 0 Å². The normalized spacial score (nSPS) is 9.80. The molecule has 0 aromatic heterocycles. The minimum Gasteiger partial charge on any atom is -0.399 e. The second-order valence-electron chi connectivity index (χ2n) is 2.32. The van der Waals surface area contributed by atoms with Gasteiger partial charge in [-0.05, 0) is 30.2 Å². The van der Waals surface area contributed by atoms with E-state index in [2.05, 4.69) is 22.9 Å². The van der Waals surface area contributed by atoms with Gasteiger partial charge in [0.25, 0.3) is 0 Å². The quantitative estimate of drug-likeness (QED) is 0.546. The Balaban J connectivity index is 3.07. The lowest BCUT2D eigenvalue weighted by Crippen LogP contribution is -1.88. The van der Waals surface area contributed by atoms with Gasteiger partial charge in [-0.3, -0.25) is 0 Å². The Bertz CT molecular complexity index is 233. The van der Waals surface area contributed by atoms with E-state index in [9.17, 15) is 0 Å². The zero-order chi connectivity index (χ0) is 7.56. The number of nitrogens with two attached hydrogens (primary N) is 1. The third-order valence-corrected chi connectivity index (χ3v) is 2.11. The largest absolute Gasteiger partial charge is 0.399 e. The minimum absolute atomic E-state index is 0.835. The van der Waals surface area contributed by atoms with Crippen molar-refractivity contribution in [2.24, 2.45) is 0 Å². The van der Waals surface area contributed by atoms with Crippen LogP contribution in [-0.2, 0) is 5.33 Å². The number of nitrogen functional groups attached to an aromatic ring is 1. The third kappa shape index (κ3) is 1.51. The average Bonchev–Trinajstić information content (AvgIpc) is 1.88. The van der Waals surface area contributed by atoms with Crippen molar-refractivity contribution in [3.63, 3.8) is 0 Å². The van der Waals surface area contributed by atoms with Gasteiger partial charge in [-0.2, -0.15) is 0 Å². The molecule has 0 heterocycles. The highest BCUT2D eigenvalue weighted by atomic mass is 79.9. The Labute approximate surface area is 69.4 Å². The second-order valence-corrected chi connectivity index (χ2v) is 2.88. The summed E-state index contributed by atoms with van der Waals surface area (Å²) in [6, 6.07) is 5.94. The summed E-state index contributed by atoms with van der Waals surface area (Å²) in [5, 5.41) is 0.902. The van der Waals surface area contributed by atoms with Crippen molar-refractivity contribution in [2.75, 3.05) is 5.73 Å². The van der Waals surface area contributed by atoms with Gasteiger partial charge >= 0.3 is 0 Å². The van der Waals surface area contributed by atoms with E-state index in [1.54, 1.807) is 0 Å². The molecule has 0 atom stereocenters. The SMILES string of the molecule is Cc1cc(N)ccc1CBr. The summed E-state index contributed by atoms with van der Waals surface area (Å²) in [6.45, 7) is 2.06. The third-order valence-electron chi connectivity index (χ3n) is 1.51. The summed E-state index contributed by atoms with van der Waals surface area (Å²) < 4.78 is 0. The van der Waals surface area contributed by atoms with E-state index in [1.807, 2.05) is 18.2 Å². The summed E-state index contributed by atoms with van der Waals surface area (Å²) in [4.78, 5) is 0. The Morgan fingerprint density at radius 3 is 2.70 bits per heavy atom. The van der Waals surface area contributed by atoms with Gasteiger partial charge in [0, 0.05) is 11.0 Å². The first-order valence-corrected chi connectivity index (χ1v) is 4.27. The first-order valence-electron chi connectivity index (χ1n) is 3.15. The maximum atomic E-state index is 5.57. The molecule has 0 unspecified atom stereocenters. The lowest BCUT2D eigenvalue weighted by atomic mass is 10.1. The van der Waals surface area contributed by atoms with Crippen molar-refractivity contribution < 1.29 is 0 Å². The molecular formula is C8H10BrN. The lowest BCUT2D eigenvalue weighted by molar-refractivity contribution is 1.32. The van der Waals surface area contributed by atoms with Crippen LogP contribution < -0.4 is 5.73 Å². The fraction of sp³-hybridized carbons (Fsp3) is 0.250. The van der Waals surface area contributed by atoms with Gasteiger partial charge in [-0.1, -0.05) is 22.0 Å². The molecule has 54 valence electrons. The minimum atomic E-state index is 0.835. The van der Waals surface area contributed by atoms with Crippen LogP contribution in [0.2, 0.25) is 0 Å². The molecule has 2 heteroatoms. The standard InChI is InChI=1S/C8H10BrN/c1-6-4-8(10)3-2-7(6)5-9/h2-4H,5,10H2,1H3. The molecule has 10 heavy (non-hydrogen) atoms. The summed E-state index contributed by atoms with van der Waals surface area (Å²) in [5.41, 5.74) is 8.95. The van der Waals surface area contributed by atoms with Crippen LogP contribution in [0.5, 0.6) is 0 Å². The van der Waals surface area contributed by atoms with Crippen LogP contribution in [0, 0.1) is 6.92 Å². The Morgan fingerprint density at radius 1 is 1.50 bits per heavy atom. The Morgan fingerprint density at radius 2 is 2.20 bits per heavy atom. The van der Waals surface area contributed by atoms with Gasteiger partial charge in [-0.15, -0.1) is 0 Å². The topological polar surface area (TPSA) is 26.0 Å². The van der Waals surface area contributed by atoms with Crippen molar-refractivity contribution in [1.29, 1.82) is 0 Å². The van der Waals surface area contributed by atoms with Gasteiger partial charge in [0.2, 0.25) is 0 Å². The molecule has 0 radical (unpaired) electrons. The summed E-state index contributed by atoms with van der Waals surface area (Å²) >= 11 is 3.39. The number of halogens is 1. The number of hydrogen-bond donors (Lipinski definition) is 1. The van der Waals surface area contributed by atoms with Gasteiger partial charge in [0.1, 0.15) is 0 Å². The molecule has 0 aliphatic carbocycles. The van der Waals surface area contributed by atoms with Gasteiger partial charge in [0.05, 0.1) is 0 Å². The Hall–Kier alpha value is -0.500. The zero-order valence-electron chi connectivity index (χ0n) is 5.89. The molecule has 2 N–H and O–H groups in total. The molecule has 0 saturated heterocycles. The highest BCUT2D eigenvalue weighted by Crippen LogP contribution is 2.14. The van der Waals surface area contributed by atoms with Gasteiger partial charge < -0.3 is 5.73 Å². The zero-order valence-corrected chi connectivity index (χ0v) is 7.48. The molecule has 0 spiro atoms. The van der Waals surface area contributed by atoms with Crippen molar-refractivity contribution in [3.05, 3.63) is 29.3 Å². The molecule has 1 rings (SSSR count). The van der Waals surface area contributed by atoms with Crippen LogP contribution >= 0.6 is 15.9 Å². The second kappa shape index (κ2) is 3.06. The number of alkyl halides is 1. The van der Waals surface area contributed by atoms with E-state index in [-0.39, 0.29) is 0 Å². The maximum Gasteiger partial charge on any atom is 0.0316 e. The molecule has 1 aromatic rings. The van der Waals surface area contributed by atoms with E-state index in [0.29, 0.717) is 0 Å². The molecule has 0 fully saturated rings. The van der Waals surface area contributed by atoms with Crippen molar-refractivity contribution >= 4 is 21.6 Å². The van der Waals surface area contributed by atoms with E-state index in [4.69, 9.17) is 5.73 Å². The number of benzene rings is 1. The first-order chi connectivity index (χ1) is 4.74. The summed E-state index contributed by atoms with van der Waals surface area (Å²) in [7, 11) is 0. The molecular weight excluding hydrogens is 190 g/mol. The molecule has 0 bridgehead atoms. The van der Waals surface area contributed by atoms with Crippen molar-refractivity contribution in [1.82, 2.24) is 0 Å². The van der Waals surface area contributed by atoms with E-state index in [0.717, 1.165) is 11.0 Å². The van der Waals surface area contributed by atoms with E-state index < -0.39 is 0 Å². The molecule has 0 aliphatic heterocycles. The van der Waals surface area contributed by atoms with Crippen molar-refractivity contribution in [2.45, 2.75) is 12.3 Å². The number of rotatable bonds is 1. The summed E-state index contributed by atoms with van der Waals surface area (Å²) in [6.07, 6.45) is 0. The van der Waals surface area contributed by atoms with Crippen LogP contribution in [0.25, 0.3) is 0 Å². The highest BCUT2D eigenvalue weighted by molar-refractivity contribution is 9.08. The van der Waals surface area contributed by atoms with Crippen molar-refractivity contribution in [3.8, 4) is 0 Å². The number of aryl methyl sites for hydroxylation is 1. The Kier molecular flexibility index (Phi) is 2.33. The number of hydrogen-bond acceptors (Lipinski definition) is 1. The fourth-order valence-corrected chi connectivity index (χ4v) is 1.50. The van der Waals surface area contributed by atoms with Crippen LogP contribution in [-0.4, -0.2) is 0 Å². The molecule has 0 amide bonds. The van der Waals surface area contributed by atoms with Crippen LogP contribution in [0.4, 0.5) is 5.69 Å². The predicted octanol–water partition coefficient (Wildman–Crippen LogP) is 2.47.